The van der Waals surface area contributed by atoms with Crippen molar-refractivity contribution in [2.24, 2.45) is 0 Å². The van der Waals surface area contributed by atoms with Gasteiger partial charge < -0.3 is 21.3 Å². The van der Waals surface area contributed by atoms with Gasteiger partial charge in [-0.25, -0.2) is 4.79 Å². The third kappa shape index (κ3) is 6.32. The molecule has 1 aliphatic rings. The number of hydrogen-bond donors (Lipinski definition) is 4. The number of nitrogens with one attached hydrogen (secondary N) is 4. The first-order valence-corrected chi connectivity index (χ1v) is 7.29. The first-order chi connectivity index (χ1) is 10.2. The zero-order valence-electron chi connectivity index (χ0n) is 12.6. The van der Waals surface area contributed by atoms with E-state index in [0.717, 1.165) is 25.8 Å². The van der Waals surface area contributed by atoms with E-state index in [0.29, 0.717) is 23.8 Å². The molecule has 0 atom stereocenters. The standard InChI is InChI=1S/C15H22N4O2.ClH/c1-16-8-3-9-17-14(20)11-4-2-5-13(10-11)19-15(21)18-12-6-7-12;/h2,4-5,10,12,16H,3,6-9H2,1H3,(H,17,20)(H2,18,19,21);1H. The van der Waals surface area contributed by atoms with E-state index < -0.39 is 0 Å². The van der Waals surface area contributed by atoms with E-state index in [1.807, 2.05) is 7.05 Å². The lowest BCUT2D eigenvalue weighted by Gasteiger charge is -2.09. The van der Waals surface area contributed by atoms with Gasteiger partial charge in [0.05, 0.1) is 0 Å². The summed E-state index contributed by atoms with van der Waals surface area (Å²) < 4.78 is 0. The minimum Gasteiger partial charge on any atom is -0.352 e. The molecule has 3 amide bonds. The van der Waals surface area contributed by atoms with Gasteiger partial charge in [-0.05, 0) is 51.1 Å². The number of urea groups is 1. The molecule has 0 spiro atoms. The predicted octanol–water partition coefficient (Wildman–Crippen LogP) is 1.73. The molecule has 2 rings (SSSR count). The van der Waals surface area contributed by atoms with Crippen LogP contribution in [-0.4, -0.2) is 38.1 Å². The molecule has 0 aromatic heterocycles. The van der Waals surface area contributed by atoms with E-state index in [-0.39, 0.29) is 24.3 Å². The summed E-state index contributed by atoms with van der Waals surface area (Å²) >= 11 is 0. The van der Waals surface area contributed by atoms with Crippen molar-refractivity contribution in [1.29, 1.82) is 0 Å². The monoisotopic (exact) mass is 326 g/mol. The third-order valence-electron chi connectivity index (χ3n) is 3.18. The lowest BCUT2D eigenvalue weighted by atomic mass is 10.2. The Morgan fingerprint density at radius 2 is 2.00 bits per heavy atom. The van der Waals surface area contributed by atoms with Crippen LogP contribution in [0.1, 0.15) is 29.6 Å². The molecule has 0 aliphatic heterocycles. The summed E-state index contributed by atoms with van der Waals surface area (Å²) in [6.45, 7) is 1.49. The smallest absolute Gasteiger partial charge is 0.319 e. The lowest BCUT2D eigenvalue weighted by Crippen LogP contribution is -2.30. The zero-order chi connectivity index (χ0) is 15.1. The second kappa shape index (κ2) is 9.27. The van der Waals surface area contributed by atoms with Crippen LogP contribution in [0.25, 0.3) is 0 Å². The van der Waals surface area contributed by atoms with Gasteiger partial charge in [0.1, 0.15) is 0 Å². The summed E-state index contributed by atoms with van der Waals surface area (Å²) in [5, 5.41) is 11.5. The summed E-state index contributed by atoms with van der Waals surface area (Å²) in [6.07, 6.45) is 2.97. The molecule has 0 heterocycles. The van der Waals surface area contributed by atoms with Crippen LogP contribution in [0.3, 0.4) is 0 Å². The van der Waals surface area contributed by atoms with Crippen molar-refractivity contribution < 1.29 is 9.59 Å². The molecule has 0 unspecified atom stereocenters. The summed E-state index contributed by atoms with van der Waals surface area (Å²) in [7, 11) is 1.88. The van der Waals surface area contributed by atoms with Gasteiger partial charge >= 0.3 is 6.03 Å². The Morgan fingerprint density at radius 3 is 2.68 bits per heavy atom. The molecular formula is C15H23ClN4O2. The van der Waals surface area contributed by atoms with Gasteiger partial charge in [0.15, 0.2) is 0 Å². The highest BCUT2D eigenvalue weighted by molar-refractivity contribution is 5.96. The topological polar surface area (TPSA) is 82.3 Å². The Kier molecular flexibility index (Phi) is 7.70. The van der Waals surface area contributed by atoms with Crippen LogP contribution in [0.4, 0.5) is 10.5 Å². The fourth-order valence-electron chi connectivity index (χ4n) is 1.89. The molecule has 4 N–H and O–H groups in total. The summed E-state index contributed by atoms with van der Waals surface area (Å²) in [6, 6.07) is 7.03. The van der Waals surface area contributed by atoms with Crippen molar-refractivity contribution in [3.63, 3.8) is 0 Å². The van der Waals surface area contributed by atoms with Gasteiger partial charge in [0.25, 0.3) is 5.91 Å². The number of halogens is 1. The third-order valence-corrected chi connectivity index (χ3v) is 3.18. The van der Waals surface area contributed by atoms with E-state index in [4.69, 9.17) is 0 Å². The maximum atomic E-state index is 12.0. The highest BCUT2D eigenvalue weighted by atomic mass is 35.5. The number of benzene rings is 1. The average molecular weight is 327 g/mol. The summed E-state index contributed by atoms with van der Waals surface area (Å²) in [5.74, 6) is -0.127. The molecular weight excluding hydrogens is 304 g/mol. The van der Waals surface area contributed by atoms with E-state index in [2.05, 4.69) is 21.3 Å². The highest BCUT2D eigenvalue weighted by Crippen LogP contribution is 2.19. The molecule has 22 heavy (non-hydrogen) atoms. The summed E-state index contributed by atoms with van der Waals surface area (Å²) in [5.41, 5.74) is 1.17. The molecule has 7 heteroatoms. The Morgan fingerprint density at radius 1 is 1.23 bits per heavy atom. The fourth-order valence-corrected chi connectivity index (χ4v) is 1.89. The van der Waals surface area contributed by atoms with Gasteiger partial charge in [-0.2, -0.15) is 0 Å². The van der Waals surface area contributed by atoms with Crippen molar-refractivity contribution in [3.8, 4) is 0 Å². The minimum absolute atomic E-state index is 0. The highest BCUT2D eigenvalue weighted by Gasteiger charge is 2.23. The number of rotatable bonds is 7. The van der Waals surface area contributed by atoms with Gasteiger partial charge in [-0.3, -0.25) is 4.79 Å². The minimum atomic E-state index is -0.218. The molecule has 1 aromatic carbocycles. The molecule has 1 fully saturated rings. The maximum Gasteiger partial charge on any atom is 0.319 e. The number of amides is 3. The van der Waals surface area contributed by atoms with Gasteiger partial charge in [0, 0.05) is 23.8 Å². The van der Waals surface area contributed by atoms with Gasteiger partial charge in [-0.1, -0.05) is 6.07 Å². The maximum absolute atomic E-state index is 12.0. The molecule has 1 aliphatic carbocycles. The Hall–Kier alpha value is -1.79. The van der Waals surface area contributed by atoms with Crippen molar-refractivity contribution in [2.45, 2.75) is 25.3 Å². The normalized spacial score (nSPS) is 13.0. The second-order valence-electron chi connectivity index (χ2n) is 5.17. The number of carbonyl (C=O) groups is 2. The van der Waals surface area contributed by atoms with Crippen molar-refractivity contribution >= 4 is 30.0 Å². The SMILES string of the molecule is CNCCCNC(=O)c1cccc(NC(=O)NC2CC2)c1.Cl. The van der Waals surface area contributed by atoms with Crippen LogP contribution >= 0.6 is 12.4 Å². The first kappa shape index (κ1) is 18.3. The molecule has 1 aromatic rings. The van der Waals surface area contributed by atoms with Crippen LogP contribution in [0.2, 0.25) is 0 Å². The van der Waals surface area contributed by atoms with E-state index in [1.165, 1.54) is 0 Å². The zero-order valence-corrected chi connectivity index (χ0v) is 13.5. The molecule has 0 saturated heterocycles. The lowest BCUT2D eigenvalue weighted by molar-refractivity contribution is 0.0953. The van der Waals surface area contributed by atoms with Gasteiger partial charge in [-0.15, -0.1) is 12.4 Å². The van der Waals surface area contributed by atoms with E-state index in [1.54, 1.807) is 24.3 Å². The fraction of sp³-hybridized carbons (Fsp3) is 0.467. The molecule has 0 radical (unpaired) electrons. The van der Waals surface area contributed by atoms with E-state index in [9.17, 15) is 9.59 Å². The molecule has 0 bridgehead atoms. The van der Waals surface area contributed by atoms with Gasteiger partial charge in [0.2, 0.25) is 0 Å². The van der Waals surface area contributed by atoms with E-state index >= 15 is 0 Å². The van der Waals surface area contributed by atoms with Crippen LogP contribution < -0.4 is 21.3 Å². The quantitative estimate of drug-likeness (QED) is 0.576. The average Bonchev–Trinajstić information content (AvgIpc) is 3.27. The Labute approximate surface area is 136 Å². The van der Waals surface area contributed by atoms with Crippen LogP contribution in [0.15, 0.2) is 24.3 Å². The molecule has 1 saturated carbocycles. The van der Waals surface area contributed by atoms with Crippen molar-refractivity contribution in [3.05, 3.63) is 29.8 Å². The van der Waals surface area contributed by atoms with Crippen LogP contribution in [0.5, 0.6) is 0 Å². The second-order valence-corrected chi connectivity index (χ2v) is 5.17. The van der Waals surface area contributed by atoms with Crippen LogP contribution in [-0.2, 0) is 0 Å². The Balaban J connectivity index is 0.00000242. The van der Waals surface area contributed by atoms with Crippen LogP contribution in [0, 0.1) is 0 Å². The number of carbonyl (C=O) groups excluding carboxylic acids is 2. The molecule has 6 nitrogen and oxygen atoms in total. The number of anilines is 1. The number of hydrogen-bond acceptors (Lipinski definition) is 3. The largest absolute Gasteiger partial charge is 0.352 e. The summed E-state index contributed by atoms with van der Waals surface area (Å²) in [4.78, 5) is 23.6. The predicted molar refractivity (Wildman–Crippen MR) is 89.7 cm³/mol. The van der Waals surface area contributed by atoms with Crippen molar-refractivity contribution in [2.75, 3.05) is 25.5 Å². The Bertz CT molecular complexity index is 506. The molecule has 122 valence electrons. The van der Waals surface area contributed by atoms with Crippen molar-refractivity contribution in [1.82, 2.24) is 16.0 Å². The first-order valence-electron chi connectivity index (χ1n) is 7.29.